The van der Waals surface area contributed by atoms with Crippen LogP contribution in [0.2, 0.25) is 5.02 Å². The van der Waals surface area contributed by atoms with E-state index in [0.29, 0.717) is 29.8 Å². The molecule has 0 aromatic heterocycles. The minimum absolute atomic E-state index is 0.0106. The lowest BCUT2D eigenvalue weighted by Crippen LogP contribution is -2.28. The summed E-state index contributed by atoms with van der Waals surface area (Å²) in [6, 6.07) is 4.63. The molecule has 1 rings (SSSR count). The first kappa shape index (κ1) is 17.4. The van der Waals surface area contributed by atoms with E-state index in [4.69, 9.17) is 11.6 Å². The lowest BCUT2D eigenvalue weighted by atomic mass is 10.0. The van der Waals surface area contributed by atoms with Gasteiger partial charge in [0.15, 0.2) is 0 Å². The van der Waals surface area contributed by atoms with Crippen LogP contribution in [0, 0.1) is 5.82 Å². The number of rotatable bonds is 8. The van der Waals surface area contributed by atoms with E-state index in [-0.39, 0.29) is 23.4 Å². The highest BCUT2D eigenvalue weighted by Gasteiger charge is 2.15. The van der Waals surface area contributed by atoms with Crippen molar-refractivity contribution < 1.29 is 12.8 Å². The predicted octanol–water partition coefficient (Wildman–Crippen LogP) is 2.82. The molecule has 0 saturated heterocycles. The van der Waals surface area contributed by atoms with Crippen molar-refractivity contribution in [3.8, 4) is 0 Å². The Balaban J connectivity index is 2.60. The fraction of sp³-hybridized carbons (Fsp3) is 0.571. The quantitative estimate of drug-likeness (QED) is 0.801. The van der Waals surface area contributed by atoms with Crippen LogP contribution in [0.1, 0.15) is 25.3 Å². The first-order valence-electron chi connectivity index (χ1n) is 6.70. The molecule has 1 atom stereocenters. The van der Waals surface area contributed by atoms with E-state index < -0.39 is 9.84 Å². The molecule has 0 aliphatic heterocycles. The second-order valence-electron chi connectivity index (χ2n) is 4.77. The Morgan fingerprint density at radius 2 is 2.10 bits per heavy atom. The van der Waals surface area contributed by atoms with E-state index in [1.807, 2.05) is 0 Å². The molecular formula is C14H21ClFNO2S. The summed E-state index contributed by atoms with van der Waals surface area (Å²) in [5, 5.41) is 3.50. The van der Waals surface area contributed by atoms with Gasteiger partial charge in [-0.25, -0.2) is 12.8 Å². The summed E-state index contributed by atoms with van der Waals surface area (Å²) in [7, 11) is -1.16. The van der Waals surface area contributed by atoms with Gasteiger partial charge in [-0.1, -0.05) is 24.6 Å². The zero-order valence-electron chi connectivity index (χ0n) is 11.8. The molecule has 0 saturated carbocycles. The van der Waals surface area contributed by atoms with Crippen LogP contribution in [0.15, 0.2) is 18.2 Å². The van der Waals surface area contributed by atoms with Crippen molar-refractivity contribution in [2.24, 2.45) is 0 Å². The van der Waals surface area contributed by atoms with E-state index in [0.717, 1.165) is 0 Å². The average Bonchev–Trinajstić information content (AvgIpc) is 2.41. The third-order valence-corrected chi connectivity index (χ3v) is 5.51. The number of benzene rings is 1. The highest BCUT2D eigenvalue weighted by Crippen LogP contribution is 2.21. The third-order valence-electron chi connectivity index (χ3n) is 3.37. The zero-order chi connectivity index (χ0) is 15.2. The van der Waals surface area contributed by atoms with Crippen molar-refractivity contribution in [3.63, 3.8) is 0 Å². The third kappa shape index (κ3) is 5.38. The van der Waals surface area contributed by atoms with E-state index in [1.165, 1.54) is 6.07 Å². The number of likely N-dealkylation sites (N-methyl/N-ethyl adjacent to an activating group) is 1. The molecule has 6 heteroatoms. The highest BCUT2D eigenvalue weighted by atomic mass is 35.5. The molecular weight excluding hydrogens is 301 g/mol. The van der Waals surface area contributed by atoms with Gasteiger partial charge in [-0.3, -0.25) is 0 Å². The molecule has 0 fully saturated rings. The van der Waals surface area contributed by atoms with Crippen LogP contribution >= 0.6 is 11.6 Å². The summed E-state index contributed by atoms with van der Waals surface area (Å²) in [6.45, 7) is 1.64. The van der Waals surface area contributed by atoms with Gasteiger partial charge in [0.05, 0.1) is 5.75 Å². The van der Waals surface area contributed by atoms with Crippen LogP contribution in [-0.4, -0.2) is 33.0 Å². The molecule has 0 heterocycles. The first-order valence-corrected chi connectivity index (χ1v) is 8.90. The van der Waals surface area contributed by atoms with Crippen molar-refractivity contribution in [2.45, 2.75) is 32.2 Å². The lowest BCUT2D eigenvalue weighted by Gasteiger charge is -2.17. The zero-order valence-corrected chi connectivity index (χ0v) is 13.4. The maximum absolute atomic E-state index is 13.7. The molecule has 114 valence electrons. The van der Waals surface area contributed by atoms with Crippen LogP contribution in [-0.2, 0) is 16.3 Å². The van der Waals surface area contributed by atoms with Crippen molar-refractivity contribution in [3.05, 3.63) is 34.6 Å². The largest absolute Gasteiger partial charge is 0.317 e. The SMILES string of the molecule is CCS(=O)(=O)CCCC(Cc1c(F)cccc1Cl)NC. The fourth-order valence-electron chi connectivity index (χ4n) is 2.02. The average molecular weight is 322 g/mol. The van der Waals surface area contributed by atoms with E-state index in [9.17, 15) is 12.8 Å². The van der Waals surface area contributed by atoms with E-state index >= 15 is 0 Å². The Labute approximate surface area is 125 Å². The van der Waals surface area contributed by atoms with Crippen molar-refractivity contribution >= 4 is 21.4 Å². The van der Waals surface area contributed by atoms with Crippen molar-refractivity contribution in [2.75, 3.05) is 18.6 Å². The molecule has 1 unspecified atom stereocenters. The standard InChI is InChI=1S/C14H21ClFNO2S/c1-3-20(18,19)9-5-6-11(17-2)10-12-13(15)7-4-8-14(12)16/h4,7-8,11,17H,3,5-6,9-10H2,1-2H3. The van der Waals surface area contributed by atoms with Gasteiger partial charge in [0, 0.05) is 22.4 Å². The van der Waals surface area contributed by atoms with Gasteiger partial charge in [-0.15, -0.1) is 0 Å². The van der Waals surface area contributed by atoms with E-state index in [2.05, 4.69) is 5.32 Å². The van der Waals surface area contributed by atoms with Crippen LogP contribution in [0.5, 0.6) is 0 Å². The molecule has 1 N–H and O–H groups in total. The molecule has 0 aliphatic rings. The Morgan fingerprint density at radius 3 is 2.65 bits per heavy atom. The molecule has 0 bridgehead atoms. The monoisotopic (exact) mass is 321 g/mol. The second-order valence-corrected chi connectivity index (χ2v) is 7.65. The van der Waals surface area contributed by atoms with Crippen LogP contribution in [0.4, 0.5) is 4.39 Å². The summed E-state index contributed by atoms with van der Waals surface area (Å²) in [6.07, 6.45) is 1.68. The normalized spacial score (nSPS) is 13.4. The molecule has 0 spiro atoms. The van der Waals surface area contributed by atoms with Crippen molar-refractivity contribution in [1.82, 2.24) is 5.32 Å². The summed E-state index contributed by atoms with van der Waals surface area (Å²) in [5.41, 5.74) is 0.479. The molecule has 20 heavy (non-hydrogen) atoms. The van der Waals surface area contributed by atoms with Crippen molar-refractivity contribution in [1.29, 1.82) is 0 Å². The van der Waals surface area contributed by atoms with Gasteiger partial charge < -0.3 is 5.32 Å². The molecule has 0 amide bonds. The smallest absolute Gasteiger partial charge is 0.150 e. The Kier molecular flexibility index (Phi) is 6.92. The molecule has 0 radical (unpaired) electrons. The number of nitrogens with one attached hydrogen (secondary N) is 1. The van der Waals surface area contributed by atoms with Gasteiger partial charge in [0.25, 0.3) is 0 Å². The molecule has 1 aromatic carbocycles. The topological polar surface area (TPSA) is 46.2 Å². The summed E-state index contributed by atoms with van der Waals surface area (Å²) in [5.74, 6) is 0.0159. The van der Waals surface area contributed by atoms with Gasteiger partial charge in [0.2, 0.25) is 0 Å². The van der Waals surface area contributed by atoms with E-state index in [1.54, 1.807) is 26.1 Å². The number of sulfone groups is 1. The first-order chi connectivity index (χ1) is 9.39. The molecule has 0 aliphatic carbocycles. The van der Waals surface area contributed by atoms with Gasteiger partial charge in [-0.2, -0.15) is 0 Å². The van der Waals surface area contributed by atoms with Gasteiger partial charge in [0.1, 0.15) is 15.7 Å². The highest BCUT2D eigenvalue weighted by molar-refractivity contribution is 7.91. The Hall–Kier alpha value is -0.650. The number of hydrogen-bond donors (Lipinski definition) is 1. The molecule has 3 nitrogen and oxygen atoms in total. The maximum atomic E-state index is 13.7. The summed E-state index contributed by atoms with van der Waals surface area (Å²) in [4.78, 5) is 0. The fourth-order valence-corrected chi connectivity index (χ4v) is 3.15. The lowest BCUT2D eigenvalue weighted by molar-refractivity contribution is 0.497. The maximum Gasteiger partial charge on any atom is 0.150 e. The minimum Gasteiger partial charge on any atom is -0.317 e. The summed E-state index contributed by atoms with van der Waals surface area (Å²) < 4.78 is 36.6. The van der Waals surface area contributed by atoms with Crippen LogP contribution in [0.3, 0.4) is 0 Å². The second kappa shape index (κ2) is 7.96. The van der Waals surface area contributed by atoms with Gasteiger partial charge in [-0.05, 0) is 38.4 Å². The van der Waals surface area contributed by atoms with Crippen LogP contribution < -0.4 is 5.32 Å². The Morgan fingerprint density at radius 1 is 1.40 bits per heavy atom. The summed E-state index contributed by atoms with van der Waals surface area (Å²) >= 11 is 6.00. The van der Waals surface area contributed by atoms with Gasteiger partial charge >= 0.3 is 0 Å². The number of hydrogen-bond acceptors (Lipinski definition) is 3. The number of halogens is 2. The van der Waals surface area contributed by atoms with Crippen LogP contribution in [0.25, 0.3) is 0 Å². The predicted molar refractivity (Wildman–Crippen MR) is 81.5 cm³/mol. The molecule has 1 aromatic rings. The Bertz CT molecular complexity index is 514. The minimum atomic E-state index is -2.94.